The van der Waals surface area contributed by atoms with Gasteiger partial charge >= 0.3 is 0 Å². The summed E-state index contributed by atoms with van der Waals surface area (Å²) < 4.78 is 0. The van der Waals surface area contributed by atoms with Gasteiger partial charge in [-0.25, -0.2) is 9.97 Å². The number of benzene rings is 1. The minimum Gasteiger partial charge on any atom is -0.316 e. The largest absolute Gasteiger partial charge is 0.316 e. The van der Waals surface area contributed by atoms with Gasteiger partial charge in [0.05, 0.1) is 4.88 Å². The molecular formula is C22H29N5S. The van der Waals surface area contributed by atoms with E-state index in [1.54, 1.807) is 11.3 Å². The number of pyridine rings is 1. The van der Waals surface area contributed by atoms with Crippen LogP contribution in [0, 0.1) is 0 Å². The second kappa shape index (κ2) is 10.3. The Balaban J connectivity index is 1.58. The third kappa shape index (κ3) is 5.86. The van der Waals surface area contributed by atoms with E-state index < -0.39 is 0 Å². The van der Waals surface area contributed by atoms with Crippen LogP contribution in [0.5, 0.6) is 0 Å². The molecule has 0 bridgehead atoms. The summed E-state index contributed by atoms with van der Waals surface area (Å²) in [6.07, 6.45) is 3.77. The number of anilines is 2. The Hall–Kier alpha value is -2.28. The van der Waals surface area contributed by atoms with Crippen LogP contribution < -0.4 is 5.32 Å². The van der Waals surface area contributed by atoms with Crippen molar-refractivity contribution in [1.29, 1.82) is 0 Å². The fourth-order valence-electron chi connectivity index (χ4n) is 3.06. The number of likely N-dealkylation sites (N-methyl/N-ethyl adjacent to an activating group) is 2. The molecule has 0 atom stereocenters. The minimum absolute atomic E-state index is 0.837. The first-order valence-corrected chi connectivity index (χ1v) is 10.6. The predicted molar refractivity (Wildman–Crippen MR) is 119 cm³/mol. The molecule has 2 heterocycles. The number of thiazole rings is 1. The molecule has 148 valence electrons. The average molecular weight is 396 g/mol. The van der Waals surface area contributed by atoms with Crippen LogP contribution in [-0.4, -0.2) is 53.0 Å². The van der Waals surface area contributed by atoms with Crippen LogP contribution in [-0.2, 0) is 6.54 Å². The molecule has 3 rings (SSSR count). The van der Waals surface area contributed by atoms with Crippen LogP contribution in [0.1, 0.15) is 19.4 Å². The quantitative estimate of drug-likeness (QED) is 0.538. The second-order valence-electron chi connectivity index (χ2n) is 6.83. The predicted octanol–water partition coefficient (Wildman–Crippen LogP) is 4.72. The summed E-state index contributed by atoms with van der Waals surface area (Å²) in [4.78, 5) is 14.9. The van der Waals surface area contributed by atoms with Gasteiger partial charge in [0.15, 0.2) is 5.13 Å². The monoisotopic (exact) mass is 395 g/mol. The molecule has 5 nitrogen and oxygen atoms in total. The summed E-state index contributed by atoms with van der Waals surface area (Å²) in [7, 11) is 2.17. The van der Waals surface area contributed by atoms with E-state index in [0.29, 0.717) is 0 Å². The lowest BCUT2D eigenvalue weighted by Gasteiger charge is -2.23. The van der Waals surface area contributed by atoms with Gasteiger partial charge in [-0.15, -0.1) is 0 Å². The maximum absolute atomic E-state index is 4.50. The van der Waals surface area contributed by atoms with Crippen molar-refractivity contribution in [3.63, 3.8) is 0 Å². The number of hydrogen-bond acceptors (Lipinski definition) is 6. The van der Waals surface area contributed by atoms with E-state index in [0.717, 1.165) is 48.6 Å². The number of rotatable bonds is 10. The lowest BCUT2D eigenvalue weighted by molar-refractivity contribution is 0.236. The van der Waals surface area contributed by atoms with Gasteiger partial charge in [0, 0.05) is 32.0 Å². The third-order valence-electron chi connectivity index (χ3n) is 4.77. The Kier molecular flexibility index (Phi) is 7.54. The average Bonchev–Trinajstić information content (AvgIpc) is 3.18. The van der Waals surface area contributed by atoms with E-state index in [-0.39, 0.29) is 0 Å². The van der Waals surface area contributed by atoms with E-state index in [1.165, 1.54) is 11.1 Å². The van der Waals surface area contributed by atoms with Gasteiger partial charge < -0.3 is 15.1 Å². The lowest BCUT2D eigenvalue weighted by Crippen LogP contribution is -2.32. The van der Waals surface area contributed by atoms with Crippen LogP contribution in [0.15, 0.2) is 54.9 Å². The Morgan fingerprint density at radius 1 is 1.00 bits per heavy atom. The number of nitrogens with zero attached hydrogens (tertiary/aromatic N) is 4. The molecule has 0 aliphatic carbocycles. The van der Waals surface area contributed by atoms with Crippen molar-refractivity contribution in [1.82, 2.24) is 19.8 Å². The molecule has 0 amide bonds. The highest BCUT2D eigenvalue weighted by molar-refractivity contribution is 7.18. The van der Waals surface area contributed by atoms with Crippen molar-refractivity contribution in [2.75, 3.05) is 38.5 Å². The Morgan fingerprint density at radius 3 is 2.54 bits per heavy atom. The Morgan fingerprint density at radius 2 is 1.79 bits per heavy atom. The topological polar surface area (TPSA) is 44.3 Å². The highest BCUT2D eigenvalue weighted by Gasteiger charge is 2.07. The van der Waals surface area contributed by atoms with E-state index in [2.05, 4.69) is 70.2 Å². The summed E-state index contributed by atoms with van der Waals surface area (Å²) in [6.45, 7) is 9.70. The maximum atomic E-state index is 4.50. The van der Waals surface area contributed by atoms with Crippen LogP contribution in [0.3, 0.4) is 0 Å². The zero-order valence-electron chi connectivity index (χ0n) is 16.9. The molecule has 0 saturated carbocycles. The molecule has 28 heavy (non-hydrogen) atoms. The molecule has 2 aromatic heterocycles. The van der Waals surface area contributed by atoms with Crippen LogP contribution in [0.4, 0.5) is 10.9 Å². The van der Waals surface area contributed by atoms with Gasteiger partial charge in [-0.3, -0.25) is 0 Å². The zero-order valence-corrected chi connectivity index (χ0v) is 17.7. The van der Waals surface area contributed by atoms with Crippen molar-refractivity contribution >= 4 is 22.3 Å². The van der Waals surface area contributed by atoms with Crippen LogP contribution in [0.25, 0.3) is 10.4 Å². The maximum Gasteiger partial charge on any atom is 0.188 e. The standard InChI is InChI=1S/C22H29N5S/c1-4-27(5-2)14-13-26(3)17-18-11-12-23-21(15-18)25-22-24-16-20(28-22)19-9-7-6-8-10-19/h6-12,15-16H,4-5,13-14,17H2,1-3H3,(H,23,24,25). The van der Waals surface area contributed by atoms with Crippen molar-refractivity contribution in [2.24, 2.45) is 0 Å². The van der Waals surface area contributed by atoms with Crippen molar-refractivity contribution in [2.45, 2.75) is 20.4 Å². The Bertz CT molecular complexity index is 845. The van der Waals surface area contributed by atoms with Gasteiger partial charge in [0.25, 0.3) is 0 Å². The number of nitrogens with one attached hydrogen (secondary N) is 1. The molecule has 1 N–H and O–H groups in total. The molecule has 0 aliphatic rings. The molecule has 0 aliphatic heterocycles. The fourth-order valence-corrected chi connectivity index (χ4v) is 3.89. The normalized spacial score (nSPS) is 11.3. The van der Waals surface area contributed by atoms with Gasteiger partial charge in [-0.1, -0.05) is 55.5 Å². The molecule has 1 aromatic carbocycles. The molecule has 0 fully saturated rings. The van der Waals surface area contributed by atoms with E-state index in [4.69, 9.17) is 0 Å². The van der Waals surface area contributed by atoms with E-state index in [9.17, 15) is 0 Å². The SMILES string of the molecule is CCN(CC)CCN(C)Cc1ccnc(Nc2ncc(-c3ccccc3)s2)c1. The fraction of sp³-hybridized carbons (Fsp3) is 0.364. The highest BCUT2D eigenvalue weighted by atomic mass is 32.1. The molecular weight excluding hydrogens is 366 g/mol. The molecule has 6 heteroatoms. The molecule has 0 unspecified atom stereocenters. The molecule has 0 spiro atoms. The Labute approximate surface area is 172 Å². The van der Waals surface area contributed by atoms with Crippen LogP contribution in [0.2, 0.25) is 0 Å². The van der Waals surface area contributed by atoms with E-state index >= 15 is 0 Å². The smallest absolute Gasteiger partial charge is 0.188 e. The van der Waals surface area contributed by atoms with Crippen LogP contribution >= 0.6 is 11.3 Å². The summed E-state index contributed by atoms with van der Waals surface area (Å²) in [5.41, 5.74) is 2.43. The summed E-state index contributed by atoms with van der Waals surface area (Å²) >= 11 is 1.64. The van der Waals surface area contributed by atoms with Crippen molar-refractivity contribution in [3.05, 3.63) is 60.4 Å². The number of aromatic nitrogens is 2. The first-order chi connectivity index (χ1) is 13.7. The molecule has 3 aromatic rings. The van der Waals surface area contributed by atoms with E-state index in [1.807, 2.05) is 30.6 Å². The second-order valence-corrected chi connectivity index (χ2v) is 7.87. The van der Waals surface area contributed by atoms with Gasteiger partial charge in [0.2, 0.25) is 0 Å². The summed E-state index contributed by atoms with van der Waals surface area (Å²) in [6, 6.07) is 14.5. The summed E-state index contributed by atoms with van der Waals surface area (Å²) in [5.74, 6) is 0.837. The minimum atomic E-state index is 0.837. The molecule has 0 radical (unpaired) electrons. The van der Waals surface area contributed by atoms with Gasteiger partial charge in [-0.05, 0) is 43.4 Å². The highest BCUT2D eigenvalue weighted by Crippen LogP contribution is 2.30. The first-order valence-electron chi connectivity index (χ1n) is 9.82. The molecule has 0 saturated heterocycles. The third-order valence-corrected chi connectivity index (χ3v) is 5.73. The number of hydrogen-bond donors (Lipinski definition) is 1. The van der Waals surface area contributed by atoms with Gasteiger partial charge in [0.1, 0.15) is 5.82 Å². The summed E-state index contributed by atoms with van der Waals surface area (Å²) in [5, 5.41) is 4.21. The first kappa shape index (κ1) is 20.5. The van der Waals surface area contributed by atoms with Crippen molar-refractivity contribution in [3.8, 4) is 10.4 Å². The lowest BCUT2D eigenvalue weighted by atomic mass is 10.2. The van der Waals surface area contributed by atoms with Gasteiger partial charge in [-0.2, -0.15) is 0 Å². The van der Waals surface area contributed by atoms with Crippen molar-refractivity contribution < 1.29 is 0 Å². The zero-order chi connectivity index (χ0) is 19.8.